The molecule has 0 radical (unpaired) electrons. The summed E-state index contributed by atoms with van der Waals surface area (Å²) in [4.78, 5) is 38.1. The molecule has 2 unspecified atom stereocenters. The lowest BCUT2D eigenvalue weighted by Crippen LogP contribution is -2.37. The fraction of sp³-hybridized carbons (Fsp3) is 0.667. The van der Waals surface area contributed by atoms with Crippen molar-refractivity contribution in [1.82, 2.24) is 0 Å². The van der Waals surface area contributed by atoms with Crippen molar-refractivity contribution >= 4 is 19.8 Å². The number of unbranched alkanes of at least 4 members (excludes halogenated alkanes) is 26. The molecule has 0 heterocycles. The Labute approximate surface area is 542 Å². The molecule has 0 bridgehead atoms. The van der Waals surface area contributed by atoms with E-state index < -0.39 is 32.5 Å². The number of hydrogen-bond donors (Lipinski definition) is 0. The van der Waals surface area contributed by atoms with Crippen LogP contribution in [-0.2, 0) is 32.7 Å². The molecule has 502 valence electrons. The molecule has 0 aliphatic carbocycles. The van der Waals surface area contributed by atoms with E-state index in [1.165, 1.54) is 122 Å². The third kappa shape index (κ3) is 71.0. The number of phosphoric ester groups is 1. The molecular weight excluding hydrogens is 1110 g/mol. The van der Waals surface area contributed by atoms with E-state index in [-0.39, 0.29) is 26.1 Å². The maximum absolute atomic E-state index is 12.9. The van der Waals surface area contributed by atoms with E-state index in [4.69, 9.17) is 18.5 Å². The average molecular weight is 1240 g/mol. The maximum Gasteiger partial charge on any atom is 0.306 e. The predicted octanol–water partition coefficient (Wildman–Crippen LogP) is 22.7. The fourth-order valence-electron chi connectivity index (χ4n) is 9.49. The highest BCUT2D eigenvalue weighted by molar-refractivity contribution is 7.45. The van der Waals surface area contributed by atoms with Gasteiger partial charge in [-0.15, -0.1) is 0 Å². The molecule has 0 spiro atoms. The molecule has 0 fully saturated rings. The number of carbonyl (C=O) groups is 2. The summed E-state index contributed by atoms with van der Waals surface area (Å²) in [5.41, 5.74) is 0. The largest absolute Gasteiger partial charge is 0.756 e. The standard InChI is InChI=1S/C78H132NO8P/c1-6-8-10-12-14-16-18-20-22-24-26-28-30-31-32-33-34-35-36-37-38-39-40-41-42-43-44-45-46-47-49-51-53-55-57-59-61-63-65-67-69-71-78(81)87-76(75-86-88(82,83)85-73-72-79(3,4)5)74-84-77(80)70-68-66-64-62-60-58-56-54-52-50-48-29-27-25-23-21-19-17-15-13-11-9-7-2/h8-11,14-17,20-23,26-29,31-32,34-35,37-38,50,52,76H,6-7,12-13,18-19,24-25,30,33,36,39-49,51,53-75H2,1-5H3/b10-8-,11-9-,16-14-,17-15-,22-20-,23-21-,28-26-,29-27-,32-31-,35-34-,38-37-,52-50-. The van der Waals surface area contributed by atoms with Gasteiger partial charge in [0, 0.05) is 12.8 Å². The van der Waals surface area contributed by atoms with Crippen LogP contribution in [0.15, 0.2) is 146 Å². The van der Waals surface area contributed by atoms with Gasteiger partial charge < -0.3 is 27.9 Å². The summed E-state index contributed by atoms with van der Waals surface area (Å²) in [6, 6.07) is 0. The third-order valence-electron chi connectivity index (χ3n) is 14.9. The summed E-state index contributed by atoms with van der Waals surface area (Å²) in [6.07, 6.45) is 99.3. The number of esters is 2. The Kier molecular flexibility index (Phi) is 64.1. The smallest absolute Gasteiger partial charge is 0.306 e. The van der Waals surface area contributed by atoms with Gasteiger partial charge in [-0.25, -0.2) is 0 Å². The van der Waals surface area contributed by atoms with Crippen LogP contribution in [0.1, 0.15) is 284 Å². The number of ether oxygens (including phenoxy) is 2. The fourth-order valence-corrected chi connectivity index (χ4v) is 10.2. The number of quaternary nitrogens is 1. The molecule has 0 aromatic rings. The molecule has 0 saturated carbocycles. The van der Waals surface area contributed by atoms with Gasteiger partial charge in [-0.3, -0.25) is 14.2 Å². The van der Waals surface area contributed by atoms with E-state index in [9.17, 15) is 19.0 Å². The normalized spacial score (nSPS) is 14.0. The Morgan fingerprint density at radius 1 is 0.352 bits per heavy atom. The molecule has 0 rings (SSSR count). The van der Waals surface area contributed by atoms with Crippen molar-refractivity contribution < 1.29 is 42.1 Å². The number of nitrogens with zero attached hydrogens (tertiary/aromatic N) is 1. The highest BCUT2D eigenvalue weighted by Gasteiger charge is 2.22. The van der Waals surface area contributed by atoms with E-state index in [1.54, 1.807) is 0 Å². The summed E-state index contributed by atoms with van der Waals surface area (Å²) in [7, 11) is 1.15. The first kappa shape index (κ1) is 83.9. The number of rotatable bonds is 64. The minimum absolute atomic E-state index is 0.0379. The average Bonchev–Trinajstić information content (AvgIpc) is 3.58. The van der Waals surface area contributed by atoms with Crippen LogP contribution in [0.2, 0.25) is 0 Å². The van der Waals surface area contributed by atoms with Gasteiger partial charge >= 0.3 is 11.9 Å². The lowest BCUT2D eigenvalue weighted by atomic mass is 10.0. The Hall–Kier alpha value is -4.11. The molecule has 9 nitrogen and oxygen atoms in total. The number of likely N-dealkylation sites (N-methyl/N-ethyl adjacent to an activating group) is 1. The predicted molar refractivity (Wildman–Crippen MR) is 378 cm³/mol. The van der Waals surface area contributed by atoms with Crippen molar-refractivity contribution in [2.75, 3.05) is 47.5 Å². The molecule has 0 N–H and O–H groups in total. The molecule has 0 amide bonds. The quantitative estimate of drug-likeness (QED) is 0.0195. The molecule has 0 aliphatic rings. The van der Waals surface area contributed by atoms with Crippen LogP contribution in [-0.4, -0.2) is 70.0 Å². The highest BCUT2D eigenvalue weighted by Crippen LogP contribution is 2.38. The van der Waals surface area contributed by atoms with Crippen molar-refractivity contribution in [3.8, 4) is 0 Å². The monoisotopic (exact) mass is 1240 g/mol. The second kappa shape index (κ2) is 67.3. The van der Waals surface area contributed by atoms with Crippen LogP contribution >= 0.6 is 7.82 Å². The summed E-state index contributed by atoms with van der Waals surface area (Å²) in [5, 5.41) is 0. The van der Waals surface area contributed by atoms with E-state index in [1.807, 2.05) is 21.1 Å². The van der Waals surface area contributed by atoms with Crippen molar-refractivity contribution in [3.63, 3.8) is 0 Å². The molecule has 2 atom stereocenters. The molecule has 0 aliphatic heterocycles. The van der Waals surface area contributed by atoms with Gasteiger partial charge in [-0.1, -0.05) is 301 Å². The zero-order valence-corrected chi connectivity index (χ0v) is 58.0. The number of carbonyl (C=O) groups excluding carboxylic acids is 2. The minimum Gasteiger partial charge on any atom is -0.756 e. The summed E-state index contributed by atoms with van der Waals surface area (Å²) >= 11 is 0. The SMILES string of the molecule is CC/C=C\C/C=C\C/C=C\C/C=C\C/C=C\C/C=C\C/C=C\CCCCCCCCCCCCCCCCCCCCCC(=O)OC(COC(=O)CCCCCCCCC/C=C\C/C=C\C/C=C\C/C=C\C/C=C\CC)COP(=O)([O-])OCC[N+](C)(C)C. The first-order valence-electron chi connectivity index (χ1n) is 35.5. The highest BCUT2D eigenvalue weighted by atomic mass is 31.2. The zero-order valence-electron chi connectivity index (χ0n) is 57.1. The van der Waals surface area contributed by atoms with E-state index in [0.717, 1.165) is 122 Å². The van der Waals surface area contributed by atoms with Crippen LogP contribution in [0.3, 0.4) is 0 Å². The Bertz CT molecular complexity index is 2000. The van der Waals surface area contributed by atoms with Crippen LogP contribution in [0, 0.1) is 0 Å². The van der Waals surface area contributed by atoms with E-state index in [2.05, 4.69) is 160 Å². The van der Waals surface area contributed by atoms with Crippen molar-refractivity contribution in [3.05, 3.63) is 146 Å². The van der Waals surface area contributed by atoms with Gasteiger partial charge in [-0.05, 0) is 116 Å². The van der Waals surface area contributed by atoms with Gasteiger partial charge in [0.05, 0.1) is 27.7 Å². The minimum atomic E-state index is -4.65. The Morgan fingerprint density at radius 2 is 0.614 bits per heavy atom. The van der Waals surface area contributed by atoms with Crippen molar-refractivity contribution in [1.29, 1.82) is 0 Å². The maximum atomic E-state index is 12.9. The number of phosphoric acid groups is 1. The van der Waals surface area contributed by atoms with Gasteiger partial charge in [0.1, 0.15) is 19.8 Å². The van der Waals surface area contributed by atoms with Crippen molar-refractivity contribution in [2.24, 2.45) is 0 Å². The first-order chi connectivity index (χ1) is 43.0. The molecule has 0 aromatic heterocycles. The van der Waals surface area contributed by atoms with Gasteiger partial charge in [0.25, 0.3) is 7.82 Å². The molecule has 88 heavy (non-hydrogen) atoms. The molecule has 0 aromatic carbocycles. The van der Waals surface area contributed by atoms with Gasteiger partial charge in [0.2, 0.25) is 0 Å². The zero-order chi connectivity index (χ0) is 64.1. The lowest BCUT2D eigenvalue weighted by molar-refractivity contribution is -0.870. The Morgan fingerprint density at radius 3 is 0.909 bits per heavy atom. The topological polar surface area (TPSA) is 111 Å². The van der Waals surface area contributed by atoms with Crippen molar-refractivity contribution in [2.45, 2.75) is 290 Å². The molecule has 10 heteroatoms. The van der Waals surface area contributed by atoms with Gasteiger partial charge in [-0.2, -0.15) is 0 Å². The molecular formula is C78H132NO8P. The second-order valence-corrected chi connectivity index (χ2v) is 25.9. The van der Waals surface area contributed by atoms with Gasteiger partial charge in [0.15, 0.2) is 6.10 Å². The Balaban J connectivity index is 4.02. The first-order valence-corrected chi connectivity index (χ1v) is 37.0. The van der Waals surface area contributed by atoms with Crippen LogP contribution in [0.5, 0.6) is 0 Å². The van der Waals surface area contributed by atoms with Crippen LogP contribution in [0.25, 0.3) is 0 Å². The summed E-state index contributed by atoms with van der Waals surface area (Å²) < 4.78 is 34.3. The molecule has 0 saturated heterocycles. The lowest BCUT2D eigenvalue weighted by Gasteiger charge is -2.28. The van der Waals surface area contributed by atoms with E-state index in [0.29, 0.717) is 23.9 Å². The number of hydrogen-bond acceptors (Lipinski definition) is 8. The second-order valence-electron chi connectivity index (χ2n) is 24.5. The summed E-state index contributed by atoms with van der Waals surface area (Å²) in [6.45, 7) is 4.01. The van der Waals surface area contributed by atoms with Crippen LogP contribution < -0.4 is 4.89 Å². The van der Waals surface area contributed by atoms with E-state index >= 15 is 0 Å². The van der Waals surface area contributed by atoms with Crippen LogP contribution in [0.4, 0.5) is 0 Å². The summed E-state index contributed by atoms with van der Waals surface area (Å²) in [5.74, 6) is -0.845. The number of allylic oxidation sites excluding steroid dienone is 24. The third-order valence-corrected chi connectivity index (χ3v) is 15.8.